The number of sulfonamides is 1. The van der Waals surface area contributed by atoms with Crippen LogP contribution in [0.2, 0.25) is 0 Å². The number of carbonyl (C=O) groups is 1. The average molecular weight is 299 g/mol. The maximum absolute atomic E-state index is 11.9. The summed E-state index contributed by atoms with van der Waals surface area (Å²) in [5, 5.41) is 2.69. The topological polar surface area (TPSA) is 101 Å². The van der Waals surface area contributed by atoms with E-state index in [1.54, 1.807) is 18.2 Å². The quantitative estimate of drug-likeness (QED) is 0.638. The second kappa shape index (κ2) is 7.98. The lowest BCUT2D eigenvalue weighted by molar-refractivity contribution is -0.120. The first-order chi connectivity index (χ1) is 9.42. The number of benzene rings is 1. The Morgan fingerprint density at radius 1 is 1.25 bits per heavy atom. The summed E-state index contributed by atoms with van der Waals surface area (Å²) in [5.41, 5.74) is 5.56. The van der Waals surface area contributed by atoms with E-state index in [-0.39, 0.29) is 29.8 Å². The zero-order chi connectivity index (χ0) is 15.0. The van der Waals surface area contributed by atoms with Crippen molar-refractivity contribution in [2.45, 2.75) is 30.7 Å². The van der Waals surface area contributed by atoms with Gasteiger partial charge < -0.3 is 11.1 Å². The summed E-state index contributed by atoms with van der Waals surface area (Å²) in [6.07, 6.45) is 0.798. The molecule has 7 heteroatoms. The second-order valence-electron chi connectivity index (χ2n) is 4.58. The fourth-order valence-corrected chi connectivity index (χ4v) is 2.56. The molecule has 1 aromatic rings. The molecule has 0 aliphatic carbocycles. The number of nitrogens with one attached hydrogen (secondary N) is 2. The van der Waals surface area contributed by atoms with Gasteiger partial charge in [0.1, 0.15) is 0 Å². The minimum atomic E-state index is -3.54. The molecule has 0 radical (unpaired) electrons. The molecule has 0 spiro atoms. The fraction of sp³-hybridized carbons (Fsp3) is 0.462. The van der Waals surface area contributed by atoms with Gasteiger partial charge in [-0.3, -0.25) is 4.79 Å². The van der Waals surface area contributed by atoms with E-state index in [4.69, 9.17) is 5.73 Å². The molecule has 1 unspecified atom stereocenters. The Morgan fingerprint density at radius 2 is 1.90 bits per heavy atom. The summed E-state index contributed by atoms with van der Waals surface area (Å²) in [6, 6.07) is 8.08. The molecule has 0 heterocycles. The van der Waals surface area contributed by atoms with Crippen molar-refractivity contribution in [2.24, 2.45) is 5.73 Å². The molecule has 20 heavy (non-hydrogen) atoms. The Bertz CT molecular complexity index is 515. The van der Waals surface area contributed by atoms with Crippen LogP contribution in [-0.4, -0.2) is 33.5 Å². The van der Waals surface area contributed by atoms with Crippen LogP contribution < -0.4 is 15.8 Å². The van der Waals surface area contributed by atoms with Gasteiger partial charge in [0, 0.05) is 25.6 Å². The van der Waals surface area contributed by atoms with E-state index in [1.807, 2.05) is 6.92 Å². The summed E-state index contributed by atoms with van der Waals surface area (Å²) in [7, 11) is -3.54. The van der Waals surface area contributed by atoms with Crippen molar-refractivity contribution < 1.29 is 13.2 Å². The van der Waals surface area contributed by atoms with Gasteiger partial charge in [-0.15, -0.1) is 0 Å². The van der Waals surface area contributed by atoms with Crippen LogP contribution in [-0.2, 0) is 14.8 Å². The van der Waals surface area contributed by atoms with E-state index in [0.29, 0.717) is 13.0 Å². The number of rotatable bonds is 8. The first-order valence-corrected chi connectivity index (χ1v) is 7.97. The molecule has 0 aliphatic rings. The molecular formula is C13H21N3O3S. The Balaban J connectivity index is 2.32. The molecule has 6 nitrogen and oxygen atoms in total. The molecule has 0 fully saturated rings. The third-order valence-corrected chi connectivity index (χ3v) is 4.10. The van der Waals surface area contributed by atoms with E-state index in [9.17, 15) is 13.2 Å². The maximum atomic E-state index is 11.9. The van der Waals surface area contributed by atoms with E-state index >= 15 is 0 Å². The van der Waals surface area contributed by atoms with Gasteiger partial charge in [0.2, 0.25) is 15.9 Å². The molecule has 112 valence electrons. The molecule has 0 aliphatic heterocycles. The number of amides is 1. The standard InChI is InChI=1S/C13H21N3O3S/c1-11(14)7-9-15-13(17)8-10-16-20(18,19)12-5-3-2-4-6-12/h2-6,11,16H,7-10,14H2,1H3,(H,15,17). The summed E-state index contributed by atoms with van der Waals surface area (Å²) in [5.74, 6) is -0.193. The Hall–Kier alpha value is -1.44. The fourth-order valence-electron chi connectivity index (χ4n) is 1.51. The normalized spacial score (nSPS) is 12.9. The van der Waals surface area contributed by atoms with Crippen LogP contribution in [0.5, 0.6) is 0 Å². The van der Waals surface area contributed by atoms with Crippen LogP contribution in [0.15, 0.2) is 35.2 Å². The monoisotopic (exact) mass is 299 g/mol. The van der Waals surface area contributed by atoms with Gasteiger partial charge in [0.15, 0.2) is 0 Å². The summed E-state index contributed by atoms with van der Waals surface area (Å²) in [4.78, 5) is 11.7. The lowest BCUT2D eigenvalue weighted by Crippen LogP contribution is -2.32. The lowest BCUT2D eigenvalue weighted by Gasteiger charge is -2.08. The highest BCUT2D eigenvalue weighted by molar-refractivity contribution is 7.89. The van der Waals surface area contributed by atoms with Crippen LogP contribution in [0.4, 0.5) is 0 Å². The zero-order valence-electron chi connectivity index (χ0n) is 11.5. The van der Waals surface area contributed by atoms with Crippen molar-refractivity contribution in [1.82, 2.24) is 10.0 Å². The smallest absolute Gasteiger partial charge is 0.240 e. The Kier molecular flexibility index (Phi) is 6.63. The number of nitrogens with two attached hydrogens (primary N) is 1. The second-order valence-corrected chi connectivity index (χ2v) is 6.34. The Labute approximate surface area is 119 Å². The number of carbonyl (C=O) groups excluding carboxylic acids is 1. The van der Waals surface area contributed by atoms with E-state index < -0.39 is 10.0 Å². The van der Waals surface area contributed by atoms with Gasteiger partial charge >= 0.3 is 0 Å². The van der Waals surface area contributed by atoms with Crippen molar-refractivity contribution >= 4 is 15.9 Å². The van der Waals surface area contributed by atoms with Gasteiger partial charge in [-0.1, -0.05) is 18.2 Å². The van der Waals surface area contributed by atoms with Crippen LogP contribution >= 0.6 is 0 Å². The predicted molar refractivity (Wildman–Crippen MR) is 77.5 cm³/mol. The van der Waals surface area contributed by atoms with Crippen LogP contribution in [0.3, 0.4) is 0 Å². The van der Waals surface area contributed by atoms with Crippen LogP contribution in [0.1, 0.15) is 19.8 Å². The van der Waals surface area contributed by atoms with E-state index in [0.717, 1.165) is 0 Å². The minimum Gasteiger partial charge on any atom is -0.356 e. The lowest BCUT2D eigenvalue weighted by atomic mass is 10.2. The third kappa shape index (κ3) is 6.14. The largest absolute Gasteiger partial charge is 0.356 e. The molecule has 1 aromatic carbocycles. The Morgan fingerprint density at radius 3 is 2.50 bits per heavy atom. The number of hydrogen-bond donors (Lipinski definition) is 3. The van der Waals surface area contributed by atoms with Crippen LogP contribution in [0, 0.1) is 0 Å². The molecular weight excluding hydrogens is 278 g/mol. The van der Waals surface area contributed by atoms with Gasteiger partial charge in [-0.2, -0.15) is 0 Å². The number of hydrogen-bond acceptors (Lipinski definition) is 4. The van der Waals surface area contributed by atoms with Crippen molar-refractivity contribution in [3.05, 3.63) is 30.3 Å². The molecule has 0 saturated carbocycles. The van der Waals surface area contributed by atoms with Crippen molar-refractivity contribution in [2.75, 3.05) is 13.1 Å². The predicted octanol–water partition coefficient (Wildman–Crippen LogP) is 0.209. The maximum Gasteiger partial charge on any atom is 0.240 e. The highest BCUT2D eigenvalue weighted by Gasteiger charge is 2.13. The van der Waals surface area contributed by atoms with Crippen molar-refractivity contribution in [3.8, 4) is 0 Å². The summed E-state index contributed by atoms with van der Waals surface area (Å²) >= 11 is 0. The third-order valence-electron chi connectivity index (χ3n) is 2.62. The molecule has 0 aromatic heterocycles. The highest BCUT2D eigenvalue weighted by Crippen LogP contribution is 2.06. The molecule has 4 N–H and O–H groups in total. The SMILES string of the molecule is CC(N)CCNC(=O)CCNS(=O)(=O)c1ccccc1. The molecule has 0 saturated heterocycles. The first-order valence-electron chi connectivity index (χ1n) is 6.49. The summed E-state index contributed by atoms with van der Waals surface area (Å²) < 4.78 is 26.1. The molecule has 1 rings (SSSR count). The van der Waals surface area contributed by atoms with Crippen LogP contribution in [0.25, 0.3) is 0 Å². The van der Waals surface area contributed by atoms with E-state index in [2.05, 4.69) is 10.0 Å². The van der Waals surface area contributed by atoms with E-state index in [1.165, 1.54) is 12.1 Å². The van der Waals surface area contributed by atoms with Gasteiger partial charge in [-0.25, -0.2) is 13.1 Å². The first kappa shape index (κ1) is 16.6. The van der Waals surface area contributed by atoms with Gasteiger partial charge in [0.05, 0.1) is 4.90 Å². The highest BCUT2D eigenvalue weighted by atomic mass is 32.2. The average Bonchev–Trinajstić information content (AvgIpc) is 2.39. The summed E-state index contributed by atoms with van der Waals surface area (Å²) in [6.45, 7) is 2.43. The van der Waals surface area contributed by atoms with Crippen molar-refractivity contribution in [1.29, 1.82) is 0 Å². The zero-order valence-corrected chi connectivity index (χ0v) is 12.3. The van der Waals surface area contributed by atoms with Gasteiger partial charge in [0.25, 0.3) is 0 Å². The molecule has 1 atom stereocenters. The van der Waals surface area contributed by atoms with Crippen molar-refractivity contribution in [3.63, 3.8) is 0 Å². The molecule has 1 amide bonds. The minimum absolute atomic E-state index is 0.0342. The molecule has 0 bridgehead atoms. The van der Waals surface area contributed by atoms with Gasteiger partial charge in [-0.05, 0) is 25.5 Å².